The first-order valence-electron chi connectivity index (χ1n) is 5.62. The highest BCUT2D eigenvalue weighted by atomic mass is 16.4. The van der Waals surface area contributed by atoms with E-state index in [1.54, 1.807) is 0 Å². The fraction of sp³-hybridized carbons (Fsp3) is 0.500. The predicted molar refractivity (Wildman–Crippen MR) is 61.7 cm³/mol. The van der Waals surface area contributed by atoms with Crippen molar-refractivity contribution in [2.24, 2.45) is 5.73 Å². The summed E-state index contributed by atoms with van der Waals surface area (Å²) in [6.45, 7) is 0.840. The topological polar surface area (TPSA) is 124 Å². The number of hydrogen-bond acceptors (Lipinski definition) is 4. The minimum Gasteiger partial charge on any atom is -0.480 e. The van der Waals surface area contributed by atoms with Crippen LogP contribution in [0.1, 0.15) is 11.4 Å². The number of amides is 2. The van der Waals surface area contributed by atoms with Gasteiger partial charge in [0.1, 0.15) is 6.04 Å². The summed E-state index contributed by atoms with van der Waals surface area (Å²) < 4.78 is 0. The first-order valence-corrected chi connectivity index (χ1v) is 5.62. The molecular weight excluding hydrogens is 238 g/mol. The number of nitrogens with zero attached hydrogens (tertiary/aromatic N) is 2. The van der Waals surface area contributed by atoms with E-state index in [-0.39, 0.29) is 13.0 Å². The second-order valence-corrected chi connectivity index (χ2v) is 4.03. The molecule has 0 spiro atoms. The maximum absolute atomic E-state index is 11.9. The van der Waals surface area contributed by atoms with Gasteiger partial charge in [-0.1, -0.05) is 0 Å². The van der Waals surface area contributed by atoms with Crippen LogP contribution in [0, 0.1) is 0 Å². The molecule has 98 valence electrons. The number of aromatic amines is 1. The second kappa shape index (κ2) is 5.05. The predicted octanol–water partition coefficient (Wildman–Crippen LogP) is -1.11. The van der Waals surface area contributed by atoms with Crippen molar-refractivity contribution in [3.63, 3.8) is 0 Å². The van der Waals surface area contributed by atoms with Crippen molar-refractivity contribution in [3.05, 3.63) is 17.7 Å². The summed E-state index contributed by atoms with van der Waals surface area (Å²) in [7, 11) is 0. The maximum Gasteiger partial charge on any atom is 0.326 e. The van der Waals surface area contributed by atoms with E-state index in [0.29, 0.717) is 18.8 Å². The summed E-state index contributed by atoms with van der Waals surface area (Å²) in [6.07, 6.45) is 1.72. The Balaban J connectivity index is 2.17. The SMILES string of the molecule is NCCNC(=O)N1Cc2[nH]cnc2CC1C(=O)O. The molecule has 0 bridgehead atoms. The van der Waals surface area contributed by atoms with Crippen LogP contribution in [0.3, 0.4) is 0 Å². The van der Waals surface area contributed by atoms with Gasteiger partial charge in [-0.15, -0.1) is 0 Å². The van der Waals surface area contributed by atoms with E-state index in [1.165, 1.54) is 11.2 Å². The Morgan fingerprint density at radius 2 is 2.44 bits per heavy atom. The maximum atomic E-state index is 11.9. The molecule has 2 amide bonds. The van der Waals surface area contributed by atoms with Crippen LogP contribution in [0.15, 0.2) is 6.33 Å². The number of nitrogens with two attached hydrogens (primary N) is 1. The van der Waals surface area contributed by atoms with Gasteiger partial charge < -0.3 is 26.0 Å². The Hall–Kier alpha value is -2.09. The van der Waals surface area contributed by atoms with Gasteiger partial charge in [0.05, 0.1) is 24.3 Å². The molecule has 0 fully saturated rings. The Morgan fingerprint density at radius 1 is 1.67 bits per heavy atom. The van der Waals surface area contributed by atoms with Crippen LogP contribution in [0.4, 0.5) is 4.79 Å². The molecule has 0 saturated carbocycles. The van der Waals surface area contributed by atoms with Crippen LogP contribution in [-0.2, 0) is 17.8 Å². The molecule has 18 heavy (non-hydrogen) atoms. The van der Waals surface area contributed by atoms with Gasteiger partial charge in [-0.25, -0.2) is 14.6 Å². The molecule has 0 saturated heterocycles. The van der Waals surface area contributed by atoms with E-state index in [0.717, 1.165) is 5.69 Å². The highest BCUT2D eigenvalue weighted by molar-refractivity contribution is 5.83. The molecule has 1 atom stereocenters. The third-order valence-electron chi connectivity index (χ3n) is 2.87. The Bertz CT molecular complexity index is 458. The van der Waals surface area contributed by atoms with E-state index in [2.05, 4.69) is 15.3 Å². The molecule has 1 aliphatic rings. The largest absolute Gasteiger partial charge is 0.480 e. The van der Waals surface area contributed by atoms with Gasteiger partial charge in [0.2, 0.25) is 0 Å². The van der Waals surface area contributed by atoms with Crippen molar-refractivity contribution < 1.29 is 14.7 Å². The number of fused-ring (bicyclic) bond motifs is 1. The normalized spacial score (nSPS) is 18.3. The zero-order valence-corrected chi connectivity index (χ0v) is 9.72. The summed E-state index contributed by atoms with van der Waals surface area (Å²) in [5, 5.41) is 11.7. The zero-order valence-electron chi connectivity index (χ0n) is 9.72. The van der Waals surface area contributed by atoms with Gasteiger partial charge in [-0.2, -0.15) is 0 Å². The smallest absolute Gasteiger partial charge is 0.326 e. The number of carbonyl (C=O) groups excluding carboxylic acids is 1. The number of hydrogen-bond donors (Lipinski definition) is 4. The van der Waals surface area contributed by atoms with Gasteiger partial charge >= 0.3 is 12.0 Å². The molecule has 1 aliphatic heterocycles. The first-order chi connectivity index (χ1) is 8.63. The quantitative estimate of drug-likeness (QED) is 0.543. The fourth-order valence-corrected chi connectivity index (χ4v) is 1.95. The van der Waals surface area contributed by atoms with Gasteiger partial charge in [-0.05, 0) is 0 Å². The number of carboxylic acids is 1. The van der Waals surface area contributed by atoms with Crippen LogP contribution in [0.5, 0.6) is 0 Å². The van der Waals surface area contributed by atoms with Gasteiger partial charge in [0.15, 0.2) is 0 Å². The van der Waals surface area contributed by atoms with E-state index in [4.69, 9.17) is 10.8 Å². The second-order valence-electron chi connectivity index (χ2n) is 4.03. The highest BCUT2D eigenvalue weighted by Gasteiger charge is 2.35. The van der Waals surface area contributed by atoms with Crippen molar-refractivity contribution >= 4 is 12.0 Å². The van der Waals surface area contributed by atoms with Crippen molar-refractivity contribution in [1.29, 1.82) is 0 Å². The highest BCUT2D eigenvalue weighted by Crippen LogP contribution is 2.20. The molecule has 1 aromatic rings. The minimum absolute atomic E-state index is 0.211. The summed E-state index contributed by atoms with van der Waals surface area (Å²) in [6, 6.07) is -1.31. The van der Waals surface area contributed by atoms with Crippen molar-refractivity contribution in [3.8, 4) is 0 Å². The average molecular weight is 253 g/mol. The number of H-pyrrole nitrogens is 1. The van der Waals surface area contributed by atoms with Crippen LogP contribution in [0.25, 0.3) is 0 Å². The number of nitrogens with one attached hydrogen (secondary N) is 2. The van der Waals surface area contributed by atoms with Crippen molar-refractivity contribution in [2.75, 3.05) is 13.1 Å². The Kier molecular flexibility index (Phi) is 3.47. The third-order valence-corrected chi connectivity index (χ3v) is 2.87. The Morgan fingerprint density at radius 3 is 3.11 bits per heavy atom. The van der Waals surface area contributed by atoms with Gasteiger partial charge in [0, 0.05) is 19.5 Å². The number of aliphatic carboxylic acids is 1. The lowest BCUT2D eigenvalue weighted by molar-refractivity contribution is -0.142. The third kappa shape index (κ3) is 2.28. The zero-order chi connectivity index (χ0) is 13.1. The molecule has 1 unspecified atom stereocenters. The van der Waals surface area contributed by atoms with Crippen LogP contribution in [-0.4, -0.2) is 51.1 Å². The summed E-state index contributed by atoms with van der Waals surface area (Å²) in [4.78, 5) is 31.3. The monoisotopic (exact) mass is 253 g/mol. The molecular formula is C10H15N5O3. The lowest BCUT2D eigenvalue weighted by Crippen LogP contribution is -2.52. The van der Waals surface area contributed by atoms with Crippen LogP contribution < -0.4 is 11.1 Å². The van der Waals surface area contributed by atoms with Crippen molar-refractivity contribution in [2.45, 2.75) is 19.0 Å². The number of aromatic nitrogens is 2. The molecule has 1 aromatic heterocycles. The molecule has 0 aliphatic carbocycles. The first kappa shape index (κ1) is 12.4. The molecule has 2 rings (SSSR count). The molecule has 0 radical (unpaired) electrons. The number of rotatable bonds is 3. The van der Waals surface area contributed by atoms with E-state index in [9.17, 15) is 9.59 Å². The minimum atomic E-state index is -1.04. The average Bonchev–Trinajstić information content (AvgIpc) is 2.81. The number of urea groups is 1. The van der Waals surface area contributed by atoms with Crippen molar-refractivity contribution in [1.82, 2.24) is 20.2 Å². The number of carboxylic acid groups (broad SMARTS) is 1. The molecule has 0 aromatic carbocycles. The number of carbonyl (C=O) groups is 2. The molecule has 5 N–H and O–H groups in total. The van der Waals surface area contributed by atoms with E-state index >= 15 is 0 Å². The molecule has 8 nitrogen and oxygen atoms in total. The number of imidazole rings is 1. The lowest BCUT2D eigenvalue weighted by atomic mass is 10.0. The molecule has 8 heteroatoms. The van der Waals surface area contributed by atoms with E-state index in [1.807, 2.05) is 0 Å². The standard InChI is InChI=1S/C10H15N5O3/c11-1-2-12-10(18)15-4-7-6(13-5-14-7)3-8(15)9(16)17/h5,8H,1-4,11H2,(H,12,18)(H,13,14)(H,16,17). The summed E-state index contributed by atoms with van der Waals surface area (Å²) in [5.41, 5.74) is 6.77. The Labute approximate surface area is 103 Å². The lowest BCUT2D eigenvalue weighted by Gasteiger charge is -2.32. The van der Waals surface area contributed by atoms with Crippen LogP contribution in [0.2, 0.25) is 0 Å². The fourth-order valence-electron chi connectivity index (χ4n) is 1.95. The summed E-state index contributed by atoms with van der Waals surface area (Å²) in [5.74, 6) is -1.04. The van der Waals surface area contributed by atoms with Crippen LogP contribution >= 0.6 is 0 Å². The molecule has 2 heterocycles. The van der Waals surface area contributed by atoms with Gasteiger partial charge in [-0.3, -0.25) is 0 Å². The summed E-state index contributed by atoms with van der Waals surface area (Å²) >= 11 is 0. The van der Waals surface area contributed by atoms with Gasteiger partial charge in [0.25, 0.3) is 0 Å². The van der Waals surface area contributed by atoms with E-state index < -0.39 is 18.0 Å².